The smallest absolute Gasteiger partial charge is 0.167 e. The fourth-order valence-electron chi connectivity index (χ4n) is 7.31. The van der Waals surface area contributed by atoms with E-state index in [2.05, 4.69) is 58.3 Å². The van der Waals surface area contributed by atoms with Gasteiger partial charge in [0.15, 0.2) is 11.6 Å². The van der Waals surface area contributed by atoms with Gasteiger partial charge in [-0.3, -0.25) is 19.6 Å². The van der Waals surface area contributed by atoms with Crippen molar-refractivity contribution in [1.82, 2.24) is 19.9 Å². The zero-order chi connectivity index (χ0) is 36.4. The molecule has 52 heavy (non-hydrogen) atoms. The van der Waals surface area contributed by atoms with E-state index in [1.807, 2.05) is 54.6 Å². The van der Waals surface area contributed by atoms with Crippen LogP contribution in [0.3, 0.4) is 0 Å². The van der Waals surface area contributed by atoms with Gasteiger partial charge < -0.3 is 20.6 Å². The summed E-state index contributed by atoms with van der Waals surface area (Å²) in [6.45, 7) is 8.58. The van der Waals surface area contributed by atoms with Gasteiger partial charge in [-0.1, -0.05) is 52.0 Å². The SMILES string of the molecule is CC(C)[C@@H]1CC(=O)c2c([nH]c(-c3ccncc3)c2Nc2ccccc2)C1.CC1(C)CC(=O)c2c([nH]c(-c3ccncc3)c2Nc2cccc(F)c2)C1. The number of nitrogens with one attached hydrogen (secondary N) is 4. The van der Waals surface area contributed by atoms with Crippen molar-refractivity contribution in [2.45, 2.75) is 53.4 Å². The van der Waals surface area contributed by atoms with Gasteiger partial charge >= 0.3 is 0 Å². The number of anilines is 4. The predicted octanol–water partition coefficient (Wildman–Crippen LogP) is 10.3. The molecule has 8 rings (SSSR count). The zero-order valence-corrected chi connectivity index (χ0v) is 29.9. The number of carbonyl (C=O) groups excluding carboxylic acids is 2. The molecule has 0 spiro atoms. The van der Waals surface area contributed by atoms with Crippen LogP contribution in [0.5, 0.6) is 0 Å². The molecule has 8 nitrogen and oxygen atoms in total. The third-order valence-corrected chi connectivity index (χ3v) is 9.94. The second kappa shape index (κ2) is 14.4. The predicted molar refractivity (Wildman–Crippen MR) is 205 cm³/mol. The van der Waals surface area contributed by atoms with Crippen molar-refractivity contribution in [3.8, 4) is 22.5 Å². The first kappa shape index (κ1) is 34.6. The van der Waals surface area contributed by atoms with Gasteiger partial charge in [0.05, 0.1) is 33.9 Å². The Morgan fingerprint density at radius 2 is 1.25 bits per heavy atom. The molecule has 0 radical (unpaired) electrons. The fourth-order valence-corrected chi connectivity index (χ4v) is 7.31. The standard InChI is InChI=1S/C22H23N3O.C21H20FN3O/c1-14(2)16-12-18-20(19(26)13-16)22(24-17-6-4-3-5-7-17)21(25-18)15-8-10-23-11-9-15;1-21(2)11-16-18(17(26)12-21)20(24-15-5-3-4-14(22)10-15)19(25-16)13-6-8-23-9-7-13/h3-11,14,16,24-25H,12-13H2,1-2H3;3-10,24-25H,11-12H2,1-2H3/t16-;/m0./s1. The number of aromatic amines is 2. The number of rotatable bonds is 7. The fraction of sp³-hybridized carbons (Fsp3) is 0.256. The molecule has 1 atom stereocenters. The number of para-hydroxylation sites is 1. The monoisotopic (exact) mass is 694 g/mol. The maximum absolute atomic E-state index is 13.6. The maximum atomic E-state index is 13.6. The first-order chi connectivity index (χ1) is 25.1. The Balaban J connectivity index is 0.000000162. The summed E-state index contributed by atoms with van der Waals surface area (Å²) in [5, 5.41) is 6.75. The van der Waals surface area contributed by atoms with Crippen molar-refractivity contribution < 1.29 is 14.0 Å². The summed E-state index contributed by atoms with van der Waals surface area (Å²) in [4.78, 5) is 41.0. The number of halogens is 1. The lowest BCUT2D eigenvalue weighted by atomic mass is 9.76. The van der Waals surface area contributed by atoms with Crippen LogP contribution >= 0.6 is 0 Å². The third kappa shape index (κ3) is 7.30. The van der Waals surface area contributed by atoms with Crippen molar-refractivity contribution in [1.29, 1.82) is 0 Å². The Morgan fingerprint density at radius 3 is 1.85 bits per heavy atom. The minimum atomic E-state index is -0.322. The van der Waals surface area contributed by atoms with Crippen LogP contribution in [0.2, 0.25) is 0 Å². The number of hydrogen-bond acceptors (Lipinski definition) is 6. The minimum Gasteiger partial charge on any atom is -0.356 e. The third-order valence-electron chi connectivity index (χ3n) is 9.94. The van der Waals surface area contributed by atoms with Gasteiger partial charge in [0, 0.05) is 71.5 Å². The highest BCUT2D eigenvalue weighted by atomic mass is 19.1. The summed E-state index contributed by atoms with van der Waals surface area (Å²) in [6.07, 6.45) is 9.79. The van der Waals surface area contributed by atoms with E-state index in [9.17, 15) is 14.0 Å². The van der Waals surface area contributed by atoms with Crippen LogP contribution < -0.4 is 10.6 Å². The van der Waals surface area contributed by atoms with Crippen molar-refractivity contribution in [2.75, 3.05) is 10.6 Å². The summed E-state index contributed by atoms with van der Waals surface area (Å²) in [5.41, 5.74) is 10.3. The van der Waals surface area contributed by atoms with Gasteiger partial charge in [-0.25, -0.2) is 4.39 Å². The quantitative estimate of drug-likeness (QED) is 0.132. The second-order valence-electron chi connectivity index (χ2n) is 14.8. The topological polar surface area (TPSA) is 116 Å². The molecule has 9 heteroatoms. The van der Waals surface area contributed by atoms with Crippen molar-refractivity contribution in [3.05, 3.63) is 132 Å². The Morgan fingerprint density at radius 1 is 0.692 bits per heavy atom. The van der Waals surface area contributed by atoms with Gasteiger partial charge in [0.25, 0.3) is 0 Å². The van der Waals surface area contributed by atoms with Crippen LogP contribution in [0, 0.1) is 23.1 Å². The van der Waals surface area contributed by atoms with E-state index in [-0.39, 0.29) is 22.8 Å². The summed E-state index contributed by atoms with van der Waals surface area (Å²) in [6, 6.07) is 24.0. The molecule has 2 aliphatic carbocycles. The molecule has 4 N–H and O–H groups in total. The van der Waals surface area contributed by atoms with Gasteiger partial charge in [-0.05, 0) is 84.7 Å². The summed E-state index contributed by atoms with van der Waals surface area (Å²) in [5.74, 6) is 0.887. The van der Waals surface area contributed by atoms with Crippen LogP contribution in [-0.4, -0.2) is 31.5 Å². The van der Waals surface area contributed by atoms with Crippen LogP contribution in [0.15, 0.2) is 104 Å². The Bertz CT molecular complexity index is 2210. The lowest BCUT2D eigenvalue weighted by molar-refractivity contribution is 0.0909. The average molecular weight is 695 g/mol. The van der Waals surface area contributed by atoms with Gasteiger partial charge in [0.2, 0.25) is 0 Å². The van der Waals surface area contributed by atoms with E-state index in [0.29, 0.717) is 41.6 Å². The summed E-state index contributed by atoms with van der Waals surface area (Å²) < 4.78 is 13.6. The molecule has 0 amide bonds. The van der Waals surface area contributed by atoms with Crippen LogP contribution in [0.4, 0.5) is 27.1 Å². The minimum absolute atomic E-state index is 0.0828. The number of pyridine rings is 2. The molecule has 0 aliphatic heterocycles. The molecule has 0 saturated carbocycles. The number of nitrogens with zero attached hydrogens (tertiary/aromatic N) is 2. The Hall–Kier alpha value is -5.83. The normalized spacial score (nSPS) is 16.1. The van der Waals surface area contributed by atoms with E-state index in [1.165, 1.54) is 12.1 Å². The van der Waals surface area contributed by atoms with Crippen molar-refractivity contribution in [3.63, 3.8) is 0 Å². The van der Waals surface area contributed by atoms with Crippen molar-refractivity contribution in [2.24, 2.45) is 17.3 Å². The highest BCUT2D eigenvalue weighted by molar-refractivity contribution is 6.08. The number of benzene rings is 2. The van der Waals surface area contributed by atoms with Crippen LogP contribution in [-0.2, 0) is 12.8 Å². The maximum Gasteiger partial charge on any atom is 0.167 e. The molecule has 0 unspecified atom stereocenters. The van der Waals surface area contributed by atoms with Gasteiger partial charge in [-0.2, -0.15) is 0 Å². The largest absolute Gasteiger partial charge is 0.356 e. The highest BCUT2D eigenvalue weighted by Crippen LogP contribution is 2.44. The highest BCUT2D eigenvalue weighted by Gasteiger charge is 2.36. The Labute approximate surface area is 303 Å². The summed E-state index contributed by atoms with van der Waals surface area (Å²) >= 11 is 0. The van der Waals surface area contributed by atoms with Gasteiger partial charge in [-0.15, -0.1) is 0 Å². The van der Waals surface area contributed by atoms with Crippen molar-refractivity contribution >= 4 is 34.3 Å². The average Bonchev–Trinajstić information content (AvgIpc) is 3.67. The molecule has 2 aliphatic rings. The molecular formula is C43H43FN6O2. The lowest BCUT2D eigenvalue weighted by Crippen LogP contribution is -2.26. The van der Waals surface area contributed by atoms with E-state index < -0.39 is 0 Å². The molecule has 6 aromatic rings. The van der Waals surface area contributed by atoms with E-state index in [1.54, 1.807) is 36.9 Å². The van der Waals surface area contributed by atoms with E-state index in [4.69, 9.17) is 0 Å². The number of aromatic nitrogens is 4. The van der Waals surface area contributed by atoms with E-state index >= 15 is 0 Å². The molecule has 2 aromatic carbocycles. The number of Topliss-reactive ketones (excluding diaryl/α,β-unsaturated/α-hetero) is 2. The number of carbonyl (C=O) groups is 2. The molecule has 0 bridgehead atoms. The molecule has 264 valence electrons. The number of ketones is 2. The molecule has 4 heterocycles. The molecular weight excluding hydrogens is 652 g/mol. The number of fused-ring (bicyclic) bond motifs is 2. The van der Waals surface area contributed by atoms with E-state index in [0.717, 1.165) is 63.7 Å². The number of H-pyrrole nitrogens is 2. The summed E-state index contributed by atoms with van der Waals surface area (Å²) in [7, 11) is 0. The number of hydrogen-bond donors (Lipinski definition) is 4. The molecule has 4 aromatic heterocycles. The lowest BCUT2D eigenvalue weighted by Gasteiger charge is -2.28. The zero-order valence-electron chi connectivity index (χ0n) is 29.9. The Kier molecular flexibility index (Phi) is 9.60. The molecule has 0 fully saturated rings. The second-order valence-corrected chi connectivity index (χ2v) is 14.8. The first-order valence-electron chi connectivity index (χ1n) is 17.8. The van der Waals surface area contributed by atoms with Gasteiger partial charge in [0.1, 0.15) is 5.82 Å². The first-order valence-corrected chi connectivity index (χ1v) is 17.8. The van der Waals surface area contributed by atoms with Crippen LogP contribution in [0.25, 0.3) is 22.5 Å². The molecule has 0 saturated heterocycles. The van der Waals surface area contributed by atoms with Crippen LogP contribution in [0.1, 0.15) is 72.6 Å².